The van der Waals surface area contributed by atoms with Crippen LogP contribution in [0.25, 0.3) is 0 Å². The summed E-state index contributed by atoms with van der Waals surface area (Å²) in [6.45, 7) is 5.75. The third-order valence-corrected chi connectivity index (χ3v) is 5.80. The second kappa shape index (κ2) is 5.06. The predicted octanol–water partition coefficient (Wildman–Crippen LogP) is 0.996. The van der Waals surface area contributed by atoms with Gasteiger partial charge in [-0.1, -0.05) is 6.92 Å². The van der Waals surface area contributed by atoms with Crippen LogP contribution in [-0.2, 0) is 4.79 Å². The Kier molecular flexibility index (Phi) is 3.56. The lowest BCUT2D eigenvalue weighted by Gasteiger charge is -2.38. The van der Waals surface area contributed by atoms with E-state index in [1.165, 1.54) is 0 Å². The van der Waals surface area contributed by atoms with E-state index >= 15 is 0 Å². The van der Waals surface area contributed by atoms with Crippen LogP contribution in [0.1, 0.15) is 39.0 Å². The number of nitrogens with zero attached hydrogens (tertiary/aromatic N) is 1. The fourth-order valence-electron chi connectivity index (χ4n) is 4.36. The van der Waals surface area contributed by atoms with Crippen LogP contribution in [0, 0.1) is 17.3 Å². The number of aliphatic hydroxyl groups excluding tert-OH is 1. The van der Waals surface area contributed by atoms with Gasteiger partial charge in [-0.05, 0) is 51.1 Å². The Labute approximate surface area is 115 Å². The smallest absolute Gasteiger partial charge is 0.228 e. The van der Waals surface area contributed by atoms with Crippen molar-refractivity contribution in [3.05, 3.63) is 0 Å². The van der Waals surface area contributed by atoms with Crippen molar-refractivity contribution in [2.24, 2.45) is 17.3 Å². The molecule has 3 rings (SSSR count). The standard InChI is InChI=1S/C15H26N2O2/c1-2-15(5-7-16-8-6-15)14(19)17-9-11-3-4-13(18)12(11)10-17/h11-13,16,18H,2-10H2,1H3. The first-order valence-corrected chi connectivity index (χ1v) is 7.84. The Morgan fingerprint density at radius 1 is 1.32 bits per heavy atom. The van der Waals surface area contributed by atoms with Gasteiger partial charge in [0.05, 0.1) is 11.5 Å². The van der Waals surface area contributed by atoms with Crippen LogP contribution in [0.3, 0.4) is 0 Å². The first-order chi connectivity index (χ1) is 9.16. The number of likely N-dealkylation sites (tertiary alicyclic amines) is 1. The zero-order chi connectivity index (χ0) is 13.5. The molecule has 2 N–H and O–H groups in total. The molecule has 0 bridgehead atoms. The van der Waals surface area contributed by atoms with Crippen molar-refractivity contribution in [2.45, 2.75) is 45.1 Å². The van der Waals surface area contributed by atoms with Crippen LogP contribution < -0.4 is 5.32 Å². The Bertz CT molecular complexity index is 352. The Morgan fingerprint density at radius 2 is 2.05 bits per heavy atom. The summed E-state index contributed by atoms with van der Waals surface area (Å²) in [6, 6.07) is 0. The second-order valence-electron chi connectivity index (χ2n) is 6.66. The monoisotopic (exact) mass is 266 g/mol. The van der Waals surface area contributed by atoms with Crippen molar-refractivity contribution in [3.63, 3.8) is 0 Å². The highest BCUT2D eigenvalue weighted by molar-refractivity contribution is 5.83. The highest BCUT2D eigenvalue weighted by Crippen LogP contribution is 2.42. The van der Waals surface area contributed by atoms with E-state index in [-0.39, 0.29) is 11.5 Å². The van der Waals surface area contributed by atoms with Crippen molar-refractivity contribution < 1.29 is 9.90 Å². The molecule has 0 aromatic heterocycles. The van der Waals surface area contributed by atoms with Crippen LogP contribution in [0.4, 0.5) is 0 Å². The summed E-state index contributed by atoms with van der Waals surface area (Å²) in [4.78, 5) is 15.0. The maximum atomic E-state index is 12.9. The van der Waals surface area contributed by atoms with Crippen LogP contribution in [-0.4, -0.2) is 48.2 Å². The highest BCUT2D eigenvalue weighted by atomic mass is 16.3. The molecule has 0 aromatic carbocycles. The average molecular weight is 266 g/mol. The fourth-order valence-corrected chi connectivity index (χ4v) is 4.36. The zero-order valence-electron chi connectivity index (χ0n) is 11.9. The summed E-state index contributed by atoms with van der Waals surface area (Å²) in [7, 11) is 0. The minimum Gasteiger partial charge on any atom is -0.393 e. The third-order valence-electron chi connectivity index (χ3n) is 5.80. The van der Waals surface area contributed by atoms with Gasteiger partial charge < -0.3 is 15.3 Å². The number of rotatable bonds is 2. The normalized spacial score (nSPS) is 37.4. The summed E-state index contributed by atoms with van der Waals surface area (Å²) >= 11 is 0. The average Bonchev–Trinajstić information content (AvgIpc) is 3.01. The molecule has 4 nitrogen and oxygen atoms in total. The van der Waals surface area contributed by atoms with E-state index in [0.717, 1.165) is 58.3 Å². The Morgan fingerprint density at radius 3 is 2.68 bits per heavy atom. The van der Waals surface area contributed by atoms with Gasteiger partial charge in [0.25, 0.3) is 0 Å². The lowest BCUT2D eigenvalue weighted by molar-refractivity contribution is -0.143. The molecule has 3 aliphatic rings. The molecular formula is C15H26N2O2. The molecule has 4 heteroatoms. The van der Waals surface area contributed by atoms with Crippen molar-refractivity contribution in [3.8, 4) is 0 Å². The number of carbonyl (C=O) groups excluding carboxylic acids is 1. The van der Waals surface area contributed by atoms with Gasteiger partial charge in [0.2, 0.25) is 5.91 Å². The lowest BCUT2D eigenvalue weighted by atomic mass is 9.75. The van der Waals surface area contributed by atoms with Gasteiger partial charge in [-0.15, -0.1) is 0 Å². The quantitative estimate of drug-likeness (QED) is 0.784. The maximum Gasteiger partial charge on any atom is 0.228 e. The maximum absolute atomic E-state index is 12.9. The van der Waals surface area contributed by atoms with E-state index in [1.807, 2.05) is 0 Å². The summed E-state index contributed by atoms with van der Waals surface area (Å²) in [5.74, 6) is 1.26. The molecular weight excluding hydrogens is 240 g/mol. The van der Waals surface area contributed by atoms with Crippen molar-refractivity contribution >= 4 is 5.91 Å². The van der Waals surface area contributed by atoms with E-state index < -0.39 is 0 Å². The van der Waals surface area contributed by atoms with Gasteiger partial charge in [-0.25, -0.2) is 0 Å². The van der Waals surface area contributed by atoms with E-state index in [1.54, 1.807) is 0 Å². The first kappa shape index (κ1) is 13.4. The third kappa shape index (κ3) is 2.19. The number of hydrogen-bond donors (Lipinski definition) is 2. The Balaban J connectivity index is 1.70. The number of fused-ring (bicyclic) bond motifs is 1. The zero-order valence-corrected chi connectivity index (χ0v) is 11.9. The molecule has 3 fully saturated rings. The molecule has 0 spiro atoms. The minimum absolute atomic E-state index is 0.130. The molecule has 0 aromatic rings. The molecule has 19 heavy (non-hydrogen) atoms. The van der Waals surface area contributed by atoms with E-state index in [2.05, 4.69) is 17.1 Å². The van der Waals surface area contributed by atoms with Gasteiger partial charge in [-0.3, -0.25) is 4.79 Å². The number of hydrogen-bond acceptors (Lipinski definition) is 3. The summed E-state index contributed by atoms with van der Waals surface area (Å²) in [6.07, 6.45) is 4.74. The first-order valence-electron chi connectivity index (χ1n) is 7.84. The molecule has 2 heterocycles. The number of piperidine rings is 1. The molecule has 108 valence electrons. The van der Waals surface area contributed by atoms with Crippen LogP contribution in [0.15, 0.2) is 0 Å². The van der Waals surface area contributed by atoms with Crippen LogP contribution in [0.5, 0.6) is 0 Å². The molecule has 0 radical (unpaired) electrons. The highest BCUT2D eigenvalue weighted by Gasteiger charge is 2.48. The Hall–Kier alpha value is -0.610. The van der Waals surface area contributed by atoms with Crippen molar-refractivity contribution in [2.75, 3.05) is 26.2 Å². The molecule has 3 unspecified atom stereocenters. The minimum atomic E-state index is -0.173. The van der Waals surface area contributed by atoms with Gasteiger partial charge in [0.15, 0.2) is 0 Å². The second-order valence-corrected chi connectivity index (χ2v) is 6.66. The van der Waals surface area contributed by atoms with Gasteiger partial charge in [0.1, 0.15) is 0 Å². The topological polar surface area (TPSA) is 52.6 Å². The molecule has 2 saturated heterocycles. The van der Waals surface area contributed by atoms with Gasteiger partial charge in [0, 0.05) is 19.0 Å². The number of nitrogens with one attached hydrogen (secondary N) is 1. The van der Waals surface area contributed by atoms with E-state index in [0.29, 0.717) is 17.7 Å². The van der Waals surface area contributed by atoms with Crippen LogP contribution >= 0.6 is 0 Å². The number of amides is 1. The predicted molar refractivity (Wildman–Crippen MR) is 73.6 cm³/mol. The number of carbonyl (C=O) groups is 1. The number of aliphatic hydroxyl groups is 1. The fraction of sp³-hybridized carbons (Fsp3) is 0.933. The van der Waals surface area contributed by atoms with Crippen molar-refractivity contribution in [1.29, 1.82) is 0 Å². The summed E-state index contributed by atoms with van der Waals surface area (Å²) in [5.41, 5.74) is -0.130. The van der Waals surface area contributed by atoms with Gasteiger partial charge >= 0.3 is 0 Å². The summed E-state index contributed by atoms with van der Waals surface area (Å²) in [5, 5.41) is 13.3. The van der Waals surface area contributed by atoms with Crippen LogP contribution in [0.2, 0.25) is 0 Å². The van der Waals surface area contributed by atoms with Gasteiger partial charge in [-0.2, -0.15) is 0 Å². The molecule has 1 saturated carbocycles. The molecule has 1 amide bonds. The largest absolute Gasteiger partial charge is 0.393 e. The molecule has 2 aliphatic heterocycles. The molecule has 3 atom stereocenters. The van der Waals surface area contributed by atoms with Crippen molar-refractivity contribution in [1.82, 2.24) is 10.2 Å². The van der Waals surface area contributed by atoms with E-state index in [9.17, 15) is 9.90 Å². The SMILES string of the molecule is CCC1(C(=O)N2CC3CCC(O)C3C2)CCNCC1. The van der Waals surface area contributed by atoms with E-state index in [4.69, 9.17) is 0 Å². The summed E-state index contributed by atoms with van der Waals surface area (Å²) < 4.78 is 0. The molecule has 1 aliphatic carbocycles. The lowest BCUT2D eigenvalue weighted by Crippen LogP contribution is -2.48.